The number of hydrogen-bond acceptors (Lipinski definition) is 3. The summed E-state index contributed by atoms with van der Waals surface area (Å²) >= 11 is 0. The average molecular weight is 253 g/mol. The summed E-state index contributed by atoms with van der Waals surface area (Å²) < 4.78 is 37.7. The highest BCUT2D eigenvalue weighted by molar-refractivity contribution is 5.79. The van der Waals surface area contributed by atoms with Gasteiger partial charge in [-0.25, -0.2) is 0 Å². The van der Waals surface area contributed by atoms with Gasteiger partial charge in [0.05, 0.1) is 16.6 Å². The minimum Gasteiger partial charge on any atom is -0.312 e. The molecule has 0 spiro atoms. The maximum Gasteiger partial charge on any atom is 0.417 e. The van der Waals surface area contributed by atoms with Gasteiger partial charge < -0.3 is 5.32 Å². The van der Waals surface area contributed by atoms with Crippen LogP contribution < -0.4 is 5.32 Å². The fraction of sp³-hybridized carbons (Fsp3) is 0.333. The molecule has 1 aliphatic rings. The lowest BCUT2D eigenvalue weighted by atomic mass is 10.0. The second-order valence-corrected chi connectivity index (χ2v) is 4.28. The molecule has 1 aliphatic heterocycles. The summed E-state index contributed by atoms with van der Waals surface area (Å²) in [6, 6.07) is 1.06. The molecule has 2 aromatic heterocycles. The first-order valence-electron chi connectivity index (χ1n) is 5.60. The van der Waals surface area contributed by atoms with Crippen LogP contribution in [0.5, 0.6) is 0 Å². The number of pyridine rings is 2. The maximum absolute atomic E-state index is 12.6. The molecule has 3 rings (SSSR count). The molecule has 2 aromatic rings. The van der Waals surface area contributed by atoms with Crippen molar-refractivity contribution in [3.05, 3.63) is 35.2 Å². The molecule has 0 bridgehead atoms. The molecule has 3 heterocycles. The minimum absolute atomic E-state index is 0.311. The molecule has 0 saturated carbocycles. The van der Waals surface area contributed by atoms with Gasteiger partial charge in [0, 0.05) is 18.9 Å². The Labute approximate surface area is 101 Å². The Kier molecular flexibility index (Phi) is 2.48. The van der Waals surface area contributed by atoms with Crippen molar-refractivity contribution in [1.82, 2.24) is 15.3 Å². The van der Waals surface area contributed by atoms with E-state index in [9.17, 15) is 13.2 Å². The third kappa shape index (κ3) is 1.82. The lowest BCUT2D eigenvalue weighted by Crippen LogP contribution is -2.24. The largest absolute Gasteiger partial charge is 0.417 e. The van der Waals surface area contributed by atoms with Crippen molar-refractivity contribution in [3.8, 4) is 0 Å². The van der Waals surface area contributed by atoms with E-state index >= 15 is 0 Å². The van der Waals surface area contributed by atoms with Crippen LogP contribution >= 0.6 is 0 Å². The number of aromatic nitrogens is 2. The summed E-state index contributed by atoms with van der Waals surface area (Å²) in [5, 5.41) is 3.19. The monoisotopic (exact) mass is 253 g/mol. The molecular weight excluding hydrogens is 243 g/mol. The van der Waals surface area contributed by atoms with Crippen molar-refractivity contribution in [2.45, 2.75) is 19.1 Å². The smallest absolute Gasteiger partial charge is 0.312 e. The Morgan fingerprint density at radius 1 is 1.17 bits per heavy atom. The lowest BCUT2D eigenvalue weighted by molar-refractivity contribution is -0.137. The van der Waals surface area contributed by atoms with Gasteiger partial charge in [-0.1, -0.05) is 0 Å². The van der Waals surface area contributed by atoms with Crippen LogP contribution in [0, 0.1) is 0 Å². The van der Waals surface area contributed by atoms with Gasteiger partial charge in [-0.3, -0.25) is 9.97 Å². The van der Waals surface area contributed by atoms with Crippen LogP contribution in [0.15, 0.2) is 18.5 Å². The van der Waals surface area contributed by atoms with E-state index in [1.807, 2.05) is 0 Å². The number of halogens is 3. The fourth-order valence-electron chi connectivity index (χ4n) is 2.18. The summed E-state index contributed by atoms with van der Waals surface area (Å²) in [6.45, 7) is 1.51. The molecule has 0 aliphatic carbocycles. The van der Waals surface area contributed by atoms with Crippen molar-refractivity contribution in [2.75, 3.05) is 6.54 Å². The molecule has 6 heteroatoms. The summed E-state index contributed by atoms with van der Waals surface area (Å²) in [6.07, 6.45) is -1.09. The molecular formula is C12H10F3N3. The summed E-state index contributed by atoms with van der Waals surface area (Å²) in [7, 11) is 0. The van der Waals surface area contributed by atoms with Gasteiger partial charge in [0.15, 0.2) is 0 Å². The molecule has 94 valence electrons. The second kappa shape index (κ2) is 3.91. The average Bonchev–Trinajstić information content (AvgIpc) is 2.37. The number of fused-ring (bicyclic) bond motifs is 3. The summed E-state index contributed by atoms with van der Waals surface area (Å²) in [4.78, 5) is 8.02. The van der Waals surface area contributed by atoms with Crippen LogP contribution in [0.4, 0.5) is 13.2 Å². The van der Waals surface area contributed by atoms with Crippen LogP contribution in [0.1, 0.15) is 16.7 Å². The van der Waals surface area contributed by atoms with E-state index in [0.717, 1.165) is 36.4 Å². The van der Waals surface area contributed by atoms with E-state index in [1.165, 1.54) is 0 Å². The van der Waals surface area contributed by atoms with Crippen molar-refractivity contribution < 1.29 is 13.2 Å². The Balaban J connectivity index is 2.20. The molecule has 0 amide bonds. The van der Waals surface area contributed by atoms with Crippen molar-refractivity contribution in [3.63, 3.8) is 0 Å². The number of nitrogens with one attached hydrogen (secondary N) is 1. The number of alkyl halides is 3. The molecule has 0 fully saturated rings. The second-order valence-electron chi connectivity index (χ2n) is 4.28. The predicted octanol–water partition coefficient (Wildman–Crippen LogP) is 2.29. The quantitative estimate of drug-likeness (QED) is 0.782. The van der Waals surface area contributed by atoms with Gasteiger partial charge in [0.25, 0.3) is 0 Å². The van der Waals surface area contributed by atoms with Gasteiger partial charge in [-0.2, -0.15) is 13.2 Å². The molecule has 1 N–H and O–H groups in total. The standard InChI is InChI=1S/C12H10F3N3/c13-12(14,15)8-3-10-11(18-6-8)9-1-2-16-4-7(9)5-17-10/h3,5-6,16H,1-2,4H2. The zero-order chi connectivity index (χ0) is 12.8. The normalized spacial score (nSPS) is 15.7. The van der Waals surface area contributed by atoms with Gasteiger partial charge in [0.1, 0.15) is 0 Å². The van der Waals surface area contributed by atoms with E-state index in [1.54, 1.807) is 6.20 Å². The molecule has 0 atom stereocenters. The number of rotatable bonds is 0. The van der Waals surface area contributed by atoms with E-state index in [2.05, 4.69) is 15.3 Å². The lowest BCUT2D eigenvalue weighted by Gasteiger charge is -2.18. The highest BCUT2D eigenvalue weighted by Gasteiger charge is 2.31. The van der Waals surface area contributed by atoms with Crippen molar-refractivity contribution >= 4 is 11.0 Å². The Bertz CT molecular complexity index is 607. The van der Waals surface area contributed by atoms with Gasteiger partial charge in [-0.15, -0.1) is 0 Å². The topological polar surface area (TPSA) is 37.8 Å². The van der Waals surface area contributed by atoms with E-state index in [0.29, 0.717) is 17.6 Å². The highest BCUT2D eigenvalue weighted by atomic mass is 19.4. The molecule has 0 radical (unpaired) electrons. The molecule has 3 nitrogen and oxygen atoms in total. The Morgan fingerprint density at radius 2 is 2.00 bits per heavy atom. The number of hydrogen-bond donors (Lipinski definition) is 1. The predicted molar refractivity (Wildman–Crippen MR) is 60.0 cm³/mol. The first kappa shape index (κ1) is 11.4. The van der Waals surface area contributed by atoms with Gasteiger partial charge in [0.2, 0.25) is 0 Å². The zero-order valence-electron chi connectivity index (χ0n) is 9.38. The van der Waals surface area contributed by atoms with Crippen LogP contribution in [-0.4, -0.2) is 16.5 Å². The Morgan fingerprint density at radius 3 is 2.78 bits per heavy atom. The summed E-state index contributed by atoms with van der Waals surface area (Å²) in [5.74, 6) is 0. The van der Waals surface area contributed by atoms with E-state index < -0.39 is 11.7 Å². The SMILES string of the molecule is FC(F)(F)c1cnc2c3c(cnc2c1)CNCC3. The van der Waals surface area contributed by atoms with Crippen LogP contribution in [-0.2, 0) is 19.1 Å². The van der Waals surface area contributed by atoms with Gasteiger partial charge in [-0.05, 0) is 30.2 Å². The first-order chi connectivity index (χ1) is 8.55. The van der Waals surface area contributed by atoms with Crippen LogP contribution in [0.2, 0.25) is 0 Å². The van der Waals surface area contributed by atoms with Crippen LogP contribution in [0.3, 0.4) is 0 Å². The third-order valence-electron chi connectivity index (χ3n) is 3.10. The van der Waals surface area contributed by atoms with Crippen molar-refractivity contribution in [2.24, 2.45) is 0 Å². The van der Waals surface area contributed by atoms with Crippen molar-refractivity contribution in [1.29, 1.82) is 0 Å². The van der Waals surface area contributed by atoms with Crippen LogP contribution in [0.25, 0.3) is 11.0 Å². The van der Waals surface area contributed by atoms with E-state index in [-0.39, 0.29) is 0 Å². The fourth-order valence-corrected chi connectivity index (χ4v) is 2.18. The summed E-state index contributed by atoms with van der Waals surface area (Å²) in [5.41, 5.74) is 2.16. The van der Waals surface area contributed by atoms with E-state index in [4.69, 9.17) is 0 Å². The van der Waals surface area contributed by atoms with Gasteiger partial charge >= 0.3 is 6.18 Å². The maximum atomic E-state index is 12.6. The first-order valence-corrected chi connectivity index (χ1v) is 5.60. The molecule has 0 unspecified atom stereocenters. The number of nitrogens with zero attached hydrogens (tertiary/aromatic N) is 2. The zero-order valence-corrected chi connectivity index (χ0v) is 9.38. The Hall–Kier alpha value is -1.69. The molecule has 0 saturated heterocycles. The third-order valence-corrected chi connectivity index (χ3v) is 3.10. The molecule has 0 aromatic carbocycles. The molecule has 18 heavy (non-hydrogen) atoms. The minimum atomic E-state index is -4.37. The highest BCUT2D eigenvalue weighted by Crippen LogP contribution is 2.31.